The molecule has 1 aromatic carbocycles. The van der Waals surface area contributed by atoms with Crippen molar-refractivity contribution in [2.75, 3.05) is 13.1 Å². The Labute approximate surface area is 125 Å². The first-order valence-corrected chi connectivity index (χ1v) is 6.78. The van der Waals surface area contributed by atoms with E-state index in [1.54, 1.807) is 30.3 Å². The maximum atomic E-state index is 12.5. The van der Waals surface area contributed by atoms with E-state index in [4.69, 9.17) is 5.11 Å². The molecule has 1 amide bonds. The van der Waals surface area contributed by atoms with Gasteiger partial charge in [0.05, 0.1) is 18.4 Å². The van der Waals surface area contributed by atoms with Crippen LogP contribution in [0.4, 0.5) is 8.78 Å². The van der Waals surface area contributed by atoms with E-state index in [-0.39, 0.29) is 13.0 Å². The topological polar surface area (TPSA) is 74.7 Å². The van der Waals surface area contributed by atoms with Crippen molar-refractivity contribution in [2.24, 2.45) is 11.8 Å². The molecule has 22 heavy (non-hydrogen) atoms. The van der Waals surface area contributed by atoms with Gasteiger partial charge in [-0.15, -0.1) is 0 Å². The van der Waals surface area contributed by atoms with Gasteiger partial charge < -0.3 is 10.0 Å². The molecule has 0 saturated carbocycles. The molecule has 1 aromatic rings. The molecule has 118 valence electrons. The molecule has 1 aliphatic rings. The van der Waals surface area contributed by atoms with Crippen LogP contribution in [0.3, 0.4) is 0 Å². The fourth-order valence-electron chi connectivity index (χ4n) is 2.71. The Morgan fingerprint density at radius 3 is 2.45 bits per heavy atom. The number of aliphatic carboxylic acids is 1. The molecule has 0 spiro atoms. The number of benzene rings is 1. The normalized spacial score (nSPS) is 21.4. The number of halogens is 2. The van der Waals surface area contributed by atoms with Crippen LogP contribution in [0.2, 0.25) is 0 Å². The molecule has 0 bridgehead atoms. The first-order valence-electron chi connectivity index (χ1n) is 6.78. The van der Waals surface area contributed by atoms with Crippen molar-refractivity contribution in [3.05, 3.63) is 35.9 Å². The van der Waals surface area contributed by atoms with Gasteiger partial charge in [0.25, 0.3) is 6.43 Å². The van der Waals surface area contributed by atoms with Crippen LogP contribution in [0.5, 0.6) is 0 Å². The van der Waals surface area contributed by atoms with Crippen molar-refractivity contribution in [1.82, 2.24) is 4.90 Å². The first kappa shape index (κ1) is 16.1. The predicted octanol–water partition coefficient (Wildman–Crippen LogP) is 1.22. The average Bonchev–Trinajstić information content (AvgIpc) is 2.76. The summed E-state index contributed by atoms with van der Waals surface area (Å²) < 4.78 is 25.0. The van der Waals surface area contributed by atoms with Gasteiger partial charge in [-0.3, -0.25) is 9.59 Å². The summed E-state index contributed by atoms with van der Waals surface area (Å²) in [5, 5.41) is 8.85. The SMILES string of the molecule is O=C(O)C(=O)[C@H]1CN(CC(F)F)C(=O)[C@@H]1Cc1ccccc1. The van der Waals surface area contributed by atoms with Gasteiger partial charge in [-0.05, 0) is 12.0 Å². The second kappa shape index (κ2) is 6.64. The molecule has 7 heteroatoms. The van der Waals surface area contributed by atoms with Crippen LogP contribution in [0.25, 0.3) is 0 Å². The summed E-state index contributed by atoms with van der Waals surface area (Å²) in [6.45, 7) is -1.06. The first-order chi connectivity index (χ1) is 10.4. The van der Waals surface area contributed by atoms with Crippen molar-refractivity contribution in [2.45, 2.75) is 12.8 Å². The Bertz CT molecular complexity index is 576. The Kier molecular flexibility index (Phi) is 4.85. The van der Waals surface area contributed by atoms with E-state index in [9.17, 15) is 23.2 Å². The number of carboxylic acid groups (broad SMARTS) is 1. The fraction of sp³-hybridized carbons (Fsp3) is 0.400. The lowest BCUT2D eigenvalue weighted by Gasteiger charge is -2.15. The third-order valence-electron chi connectivity index (χ3n) is 3.74. The lowest BCUT2D eigenvalue weighted by Crippen LogP contribution is -2.32. The summed E-state index contributed by atoms with van der Waals surface area (Å²) in [7, 11) is 0. The van der Waals surface area contributed by atoms with Crippen LogP contribution in [-0.2, 0) is 20.8 Å². The molecule has 1 heterocycles. The number of nitrogens with zero attached hydrogens (tertiary/aromatic N) is 1. The van der Waals surface area contributed by atoms with Crippen molar-refractivity contribution in [3.63, 3.8) is 0 Å². The molecule has 0 radical (unpaired) electrons. The largest absolute Gasteiger partial charge is 0.475 e. The Balaban J connectivity index is 2.23. The van der Waals surface area contributed by atoms with E-state index in [1.807, 2.05) is 0 Å². The predicted molar refractivity (Wildman–Crippen MR) is 72.4 cm³/mol. The minimum Gasteiger partial charge on any atom is -0.475 e. The molecule has 2 atom stereocenters. The smallest absolute Gasteiger partial charge is 0.372 e. The summed E-state index contributed by atoms with van der Waals surface area (Å²) in [6.07, 6.45) is -2.57. The van der Waals surface area contributed by atoms with Crippen LogP contribution in [0, 0.1) is 11.8 Å². The zero-order chi connectivity index (χ0) is 16.3. The summed E-state index contributed by atoms with van der Waals surface area (Å²) in [5.74, 6) is -5.35. The number of likely N-dealkylation sites (tertiary alicyclic amines) is 1. The summed E-state index contributed by atoms with van der Waals surface area (Å²) in [6, 6.07) is 8.76. The van der Waals surface area contributed by atoms with E-state index in [0.717, 1.165) is 10.5 Å². The van der Waals surface area contributed by atoms with Gasteiger partial charge in [-0.25, -0.2) is 13.6 Å². The molecule has 1 N–H and O–H groups in total. The highest BCUT2D eigenvalue weighted by molar-refractivity contribution is 6.34. The number of ketones is 1. The number of hydrogen-bond donors (Lipinski definition) is 1. The van der Waals surface area contributed by atoms with Crippen LogP contribution in [-0.4, -0.2) is 47.2 Å². The van der Waals surface area contributed by atoms with Crippen LogP contribution in [0.15, 0.2) is 30.3 Å². The van der Waals surface area contributed by atoms with Crippen LogP contribution >= 0.6 is 0 Å². The molecule has 1 saturated heterocycles. The number of carboxylic acids is 1. The second-order valence-corrected chi connectivity index (χ2v) is 5.21. The third kappa shape index (κ3) is 3.47. The Morgan fingerprint density at radius 2 is 1.91 bits per heavy atom. The molecule has 1 aliphatic heterocycles. The molecule has 2 rings (SSSR count). The number of amides is 1. The number of rotatable bonds is 6. The Morgan fingerprint density at radius 1 is 1.27 bits per heavy atom. The monoisotopic (exact) mass is 311 g/mol. The van der Waals surface area contributed by atoms with Crippen molar-refractivity contribution >= 4 is 17.7 Å². The quantitative estimate of drug-likeness (QED) is 0.802. The van der Waals surface area contributed by atoms with E-state index in [2.05, 4.69) is 0 Å². The fourth-order valence-corrected chi connectivity index (χ4v) is 2.71. The highest BCUT2D eigenvalue weighted by Crippen LogP contribution is 2.29. The van der Waals surface area contributed by atoms with E-state index >= 15 is 0 Å². The third-order valence-corrected chi connectivity index (χ3v) is 3.74. The highest BCUT2D eigenvalue weighted by Gasteiger charge is 2.46. The van der Waals surface area contributed by atoms with Gasteiger partial charge in [-0.1, -0.05) is 30.3 Å². The summed E-state index contributed by atoms with van der Waals surface area (Å²) >= 11 is 0. The van der Waals surface area contributed by atoms with Crippen LogP contribution < -0.4 is 0 Å². The van der Waals surface area contributed by atoms with Gasteiger partial charge in [0.2, 0.25) is 11.7 Å². The number of carbonyl (C=O) groups is 3. The maximum Gasteiger partial charge on any atom is 0.372 e. The molecular formula is C15H15F2NO4. The molecule has 5 nitrogen and oxygen atoms in total. The molecule has 0 unspecified atom stereocenters. The number of Topliss-reactive ketones (excluding diaryl/α,β-unsaturated/α-hetero) is 1. The van der Waals surface area contributed by atoms with Crippen molar-refractivity contribution in [3.8, 4) is 0 Å². The van der Waals surface area contributed by atoms with E-state index in [1.165, 1.54) is 0 Å². The van der Waals surface area contributed by atoms with Gasteiger partial charge in [0.15, 0.2) is 0 Å². The van der Waals surface area contributed by atoms with Crippen molar-refractivity contribution < 1.29 is 28.3 Å². The van der Waals surface area contributed by atoms with E-state index < -0.39 is 42.5 Å². The molecular weight excluding hydrogens is 296 g/mol. The molecule has 0 aromatic heterocycles. The van der Waals surface area contributed by atoms with Gasteiger partial charge in [-0.2, -0.15) is 0 Å². The second-order valence-electron chi connectivity index (χ2n) is 5.21. The number of carbonyl (C=O) groups excluding carboxylic acids is 2. The standard InChI is InChI=1S/C15H15F2NO4/c16-12(17)8-18-7-11(13(19)15(21)22)10(14(18)20)6-9-4-2-1-3-5-9/h1-5,10-12H,6-8H2,(H,21,22)/t10-,11+/m1/s1. The highest BCUT2D eigenvalue weighted by atomic mass is 19.3. The van der Waals surface area contributed by atoms with E-state index in [0.29, 0.717) is 0 Å². The minimum atomic E-state index is -2.72. The van der Waals surface area contributed by atoms with Gasteiger partial charge >= 0.3 is 5.97 Å². The van der Waals surface area contributed by atoms with Crippen molar-refractivity contribution in [1.29, 1.82) is 0 Å². The van der Waals surface area contributed by atoms with Gasteiger partial charge in [0.1, 0.15) is 0 Å². The number of hydrogen-bond acceptors (Lipinski definition) is 3. The summed E-state index contributed by atoms with van der Waals surface area (Å²) in [4.78, 5) is 35.8. The number of alkyl halides is 2. The lowest BCUT2D eigenvalue weighted by atomic mass is 9.86. The zero-order valence-corrected chi connectivity index (χ0v) is 11.6. The average molecular weight is 311 g/mol. The minimum absolute atomic E-state index is 0.156. The lowest BCUT2D eigenvalue weighted by molar-refractivity contribution is -0.151. The molecule has 0 aliphatic carbocycles. The van der Waals surface area contributed by atoms with Gasteiger partial charge in [0, 0.05) is 6.54 Å². The maximum absolute atomic E-state index is 12.5. The van der Waals surface area contributed by atoms with Crippen LogP contribution in [0.1, 0.15) is 5.56 Å². The zero-order valence-electron chi connectivity index (χ0n) is 11.6. The molecule has 1 fully saturated rings. The summed E-state index contributed by atoms with van der Waals surface area (Å²) in [5.41, 5.74) is 0.753. The Hall–Kier alpha value is -2.31.